The van der Waals surface area contributed by atoms with Crippen LogP contribution in [0.25, 0.3) is 22.6 Å². The Bertz CT molecular complexity index is 1320. The van der Waals surface area contributed by atoms with E-state index in [0.29, 0.717) is 22.4 Å². The van der Waals surface area contributed by atoms with Crippen molar-refractivity contribution in [1.82, 2.24) is 10.5 Å². The summed E-state index contributed by atoms with van der Waals surface area (Å²) in [6.45, 7) is 1.50. The van der Waals surface area contributed by atoms with E-state index in [1.165, 1.54) is 19.1 Å². The van der Waals surface area contributed by atoms with E-state index in [2.05, 4.69) is 26.4 Å². The molecule has 0 aliphatic carbocycles. The Morgan fingerprint density at radius 2 is 1.59 bits per heavy atom. The smallest absolute Gasteiger partial charge is 0.416 e. The monoisotopic (exact) mass is 530 g/mol. The van der Waals surface area contributed by atoms with Crippen molar-refractivity contribution in [2.24, 2.45) is 0 Å². The minimum absolute atomic E-state index is 0.0865. The maximum absolute atomic E-state index is 13.5. The van der Waals surface area contributed by atoms with Crippen molar-refractivity contribution in [3.8, 4) is 22.6 Å². The molecule has 1 heterocycles. The molecule has 0 aliphatic heterocycles. The highest BCUT2D eigenvalue weighted by Gasteiger charge is 2.41. The van der Waals surface area contributed by atoms with Gasteiger partial charge in [0.1, 0.15) is 5.69 Å². The SMILES string of the molecule is CC(NC(=O)O)(c1cccc(C(F)(F)F)c1)c1c(-c2ccccc2)noc1-c1ccc(Br)cc1. The second kappa shape index (κ2) is 8.98. The molecule has 4 aromatic rings. The van der Waals surface area contributed by atoms with Gasteiger partial charge in [0.2, 0.25) is 0 Å². The van der Waals surface area contributed by atoms with Crippen molar-refractivity contribution < 1.29 is 27.6 Å². The maximum atomic E-state index is 13.5. The van der Waals surface area contributed by atoms with E-state index >= 15 is 0 Å². The van der Waals surface area contributed by atoms with E-state index in [0.717, 1.165) is 16.6 Å². The Morgan fingerprint density at radius 1 is 0.941 bits per heavy atom. The molecule has 9 heteroatoms. The lowest BCUT2D eigenvalue weighted by atomic mass is 9.80. The lowest BCUT2D eigenvalue weighted by Crippen LogP contribution is -2.44. The average Bonchev–Trinajstić information content (AvgIpc) is 3.25. The number of rotatable bonds is 5. The molecule has 0 radical (unpaired) electrons. The van der Waals surface area contributed by atoms with E-state index in [-0.39, 0.29) is 11.3 Å². The summed E-state index contributed by atoms with van der Waals surface area (Å²) >= 11 is 3.37. The normalized spacial score (nSPS) is 13.3. The van der Waals surface area contributed by atoms with Crippen LogP contribution in [0.3, 0.4) is 0 Å². The van der Waals surface area contributed by atoms with Crippen LogP contribution in [0.15, 0.2) is 87.9 Å². The molecule has 1 amide bonds. The number of aromatic nitrogens is 1. The number of amides is 1. The summed E-state index contributed by atoms with van der Waals surface area (Å²) in [5, 5.41) is 16.3. The number of alkyl halides is 3. The Labute approximate surface area is 201 Å². The van der Waals surface area contributed by atoms with Crippen molar-refractivity contribution >= 4 is 22.0 Å². The van der Waals surface area contributed by atoms with Gasteiger partial charge in [-0.1, -0.05) is 75.7 Å². The van der Waals surface area contributed by atoms with Crippen LogP contribution in [0.1, 0.15) is 23.6 Å². The van der Waals surface area contributed by atoms with Crippen LogP contribution in [0.5, 0.6) is 0 Å². The zero-order valence-corrected chi connectivity index (χ0v) is 19.3. The average molecular weight is 531 g/mol. The third-order valence-corrected chi connectivity index (χ3v) is 6.00. The van der Waals surface area contributed by atoms with Gasteiger partial charge in [-0.2, -0.15) is 13.2 Å². The largest absolute Gasteiger partial charge is 0.465 e. The molecule has 2 N–H and O–H groups in total. The molecule has 1 unspecified atom stereocenters. The van der Waals surface area contributed by atoms with Crippen molar-refractivity contribution in [2.75, 3.05) is 0 Å². The van der Waals surface area contributed by atoms with Gasteiger partial charge in [0, 0.05) is 15.6 Å². The first-order chi connectivity index (χ1) is 16.1. The van der Waals surface area contributed by atoms with Gasteiger partial charge in [-0.25, -0.2) is 4.79 Å². The highest BCUT2D eigenvalue weighted by atomic mass is 79.9. The molecular formula is C25H18BrF3N2O3. The Hall–Kier alpha value is -3.59. The van der Waals surface area contributed by atoms with Crippen LogP contribution in [-0.4, -0.2) is 16.4 Å². The maximum Gasteiger partial charge on any atom is 0.416 e. The third-order valence-electron chi connectivity index (χ3n) is 5.47. The van der Waals surface area contributed by atoms with Gasteiger partial charge in [0.25, 0.3) is 0 Å². The van der Waals surface area contributed by atoms with Crippen LogP contribution in [0.2, 0.25) is 0 Å². The van der Waals surface area contributed by atoms with Gasteiger partial charge in [0.05, 0.1) is 16.7 Å². The molecule has 0 saturated heterocycles. The number of benzene rings is 3. The van der Waals surface area contributed by atoms with Crippen LogP contribution < -0.4 is 5.32 Å². The van der Waals surface area contributed by atoms with E-state index in [1.807, 2.05) is 0 Å². The molecule has 0 fully saturated rings. The Morgan fingerprint density at radius 3 is 2.21 bits per heavy atom. The second-order valence-corrected chi connectivity index (χ2v) is 8.66. The second-order valence-electron chi connectivity index (χ2n) is 7.74. The van der Waals surface area contributed by atoms with Gasteiger partial charge < -0.3 is 14.9 Å². The first kappa shape index (κ1) is 23.6. The van der Waals surface area contributed by atoms with Gasteiger partial charge in [-0.3, -0.25) is 0 Å². The lowest BCUT2D eigenvalue weighted by Gasteiger charge is -2.31. The summed E-state index contributed by atoms with van der Waals surface area (Å²) in [5.41, 5.74) is -0.640. The van der Waals surface area contributed by atoms with Crippen molar-refractivity contribution in [1.29, 1.82) is 0 Å². The molecule has 174 valence electrons. The summed E-state index contributed by atoms with van der Waals surface area (Å²) < 4.78 is 47.1. The van der Waals surface area contributed by atoms with Gasteiger partial charge >= 0.3 is 12.3 Å². The molecule has 0 aliphatic rings. The fourth-order valence-electron chi connectivity index (χ4n) is 3.84. The summed E-state index contributed by atoms with van der Waals surface area (Å²) in [7, 11) is 0. The fourth-order valence-corrected chi connectivity index (χ4v) is 4.11. The topological polar surface area (TPSA) is 75.4 Å². The summed E-state index contributed by atoms with van der Waals surface area (Å²) in [6, 6.07) is 20.5. The molecule has 5 nitrogen and oxygen atoms in total. The molecule has 4 rings (SSSR count). The first-order valence-electron chi connectivity index (χ1n) is 10.1. The van der Waals surface area contributed by atoms with Crippen LogP contribution >= 0.6 is 15.9 Å². The molecule has 0 saturated carbocycles. The number of hydrogen-bond acceptors (Lipinski definition) is 3. The zero-order valence-electron chi connectivity index (χ0n) is 17.7. The highest BCUT2D eigenvalue weighted by molar-refractivity contribution is 9.10. The van der Waals surface area contributed by atoms with E-state index in [9.17, 15) is 23.1 Å². The third kappa shape index (κ3) is 4.56. The Balaban J connectivity index is 2.04. The number of carboxylic acid groups (broad SMARTS) is 1. The first-order valence-corrected chi connectivity index (χ1v) is 10.9. The highest BCUT2D eigenvalue weighted by Crippen LogP contribution is 2.44. The number of nitrogens with one attached hydrogen (secondary N) is 1. The van der Waals surface area contributed by atoms with Gasteiger partial charge in [0.15, 0.2) is 5.76 Å². The standard InChI is InChI=1S/C25H18BrF3N2O3/c1-24(30-23(32)33,17-8-5-9-18(14-17)25(27,28)29)20-21(15-6-3-2-4-7-15)31-34-22(20)16-10-12-19(26)13-11-16/h2-14,30H,1H3,(H,32,33). The van der Waals surface area contributed by atoms with Crippen molar-refractivity contribution in [3.05, 3.63) is 100 Å². The number of halogens is 4. The van der Waals surface area contributed by atoms with Gasteiger partial charge in [-0.05, 0) is 36.8 Å². The Kier molecular flexibility index (Phi) is 6.22. The zero-order chi connectivity index (χ0) is 24.5. The van der Waals surface area contributed by atoms with Crippen LogP contribution in [-0.2, 0) is 11.7 Å². The predicted octanol–water partition coefficient (Wildman–Crippen LogP) is 7.32. The quantitative estimate of drug-likeness (QED) is 0.283. The molecular weight excluding hydrogens is 513 g/mol. The molecule has 34 heavy (non-hydrogen) atoms. The van der Waals surface area contributed by atoms with Gasteiger partial charge in [-0.15, -0.1) is 0 Å². The van der Waals surface area contributed by atoms with Crippen molar-refractivity contribution in [3.63, 3.8) is 0 Å². The molecule has 1 aromatic heterocycles. The minimum atomic E-state index is -4.61. The van der Waals surface area contributed by atoms with E-state index < -0.39 is 23.4 Å². The van der Waals surface area contributed by atoms with E-state index in [4.69, 9.17) is 4.52 Å². The molecule has 3 aromatic carbocycles. The molecule has 0 spiro atoms. The predicted molar refractivity (Wildman–Crippen MR) is 124 cm³/mol. The fraction of sp³-hybridized carbons (Fsp3) is 0.120. The summed E-state index contributed by atoms with van der Waals surface area (Å²) in [5.74, 6) is 0.236. The minimum Gasteiger partial charge on any atom is -0.465 e. The van der Waals surface area contributed by atoms with Crippen LogP contribution in [0.4, 0.5) is 18.0 Å². The number of carbonyl (C=O) groups is 1. The summed E-state index contributed by atoms with van der Waals surface area (Å²) in [4.78, 5) is 11.9. The van der Waals surface area contributed by atoms with Crippen LogP contribution in [0, 0.1) is 0 Å². The molecule has 1 atom stereocenters. The number of hydrogen-bond donors (Lipinski definition) is 2. The van der Waals surface area contributed by atoms with E-state index in [1.54, 1.807) is 54.6 Å². The lowest BCUT2D eigenvalue weighted by molar-refractivity contribution is -0.137. The number of nitrogens with zero attached hydrogens (tertiary/aromatic N) is 1. The molecule has 0 bridgehead atoms. The van der Waals surface area contributed by atoms with Crippen molar-refractivity contribution in [2.45, 2.75) is 18.6 Å². The summed E-state index contributed by atoms with van der Waals surface area (Å²) in [6.07, 6.45) is -6.02.